The Balaban J connectivity index is 2.08. The predicted octanol–water partition coefficient (Wildman–Crippen LogP) is 2.28. The zero-order chi connectivity index (χ0) is 15.2. The number of carbonyl (C=O) groups is 2. The van der Waals surface area contributed by atoms with Gasteiger partial charge in [-0.1, -0.05) is 26.0 Å². The summed E-state index contributed by atoms with van der Waals surface area (Å²) in [6.07, 6.45) is 4.10. The van der Waals surface area contributed by atoms with Crippen molar-refractivity contribution in [2.45, 2.75) is 20.3 Å². The first-order valence-electron chi connectivity index (χ1n) is 6.89. The summed E-state index contributed by atoms with van der Waals surface area (Å²) in [6, 6.07) is 11.0. The largest absolute Gasteiger partial charge is 0.323 e. The average molecular weight is 285 g/mol. The third-order valence-electron chi connectivity index (χ3n) is 2.94. The fraction of sp³-hybridized carbons (Fsp3) is 0.250. The van der Waals surface area contributed by atoms with E-state index in [1.807, 2.05) is 55.1 Å². The van der Waals surface area contributed by atoms with E-state index in [4.69, 9.17) is 0 Å². The zero-order valence-electron chi connectivity index (χ0n) is 12.2. The van der Waals surface area contributed by atoms with Gasteiger partial charge in [-0.2, -0.15) is 0 Å². The van der Waals surface area contributed by atoms with Crippen LogP contribution < -0.4 is 10.9 Å². The van der Waals surface area contributed by atoms with Gasteiger partial charge in [-0.15, -0.1) is 0 Å². The van der Waals surface area contributed by atoms with Gasteiger partial charge in [0.1, 0.15) is 0 Å². The molecular formula is C16H19N3O2. The number of para-hydroxylation sites is 1. The Kier molecular flexibility index (Phi) is 4.77. The number of hydrogen-bond acceptors (Lipinski definition) is 2. The summed E-state index contributed by atoms with van der Waals surface area (Å²) in [7, 11) is 0. The Morgan fingerprint density at radius 2 is 1.71 bits per heavy atom. The summed E-state index contributed by atoms with van der Waals surface area (Å²) < 4.78 is 1.85. The van der Waals surface area contributed by atoms with Gasteiger partial charge in [-0.25, -0.2) is 0 Å². The van der Waals surface area contributed by atoms with Crippen molar-refractivity contribution in [3.63, 3.8) is 0 Å². The second-order valence-corrected chi connectivity index (χ2v) is 5.21. The molecule has 0 unspecified atom stereocenters. The number of carbonyl (C=O) groups excluding carboxylic acids is 2. The second kappa shape index (κ2) is 6.74. The molecule has 0 saturated carbocycles. The lowest BCUT2D eigenvalue weighted by atomic mass is 10.1. The normalized spacial score (nSPS) is 10.4. The van der Waals surface area contributed by atoms with Gasteiger partial charge in [0.05, 0.1) is 11.3 Å². The van der Waals surface area contributed by atoms with Crippen LogP contribution in [0.1, 0.15) is 30.6 Å². The van der Waals surface area contributed by atoms with Crippen molar-refractivity contribution in [3.8, 4) is 5.69 Å². The number of aromatic nitrogens is 1. The van der Waals surface area contributed by atoms with Gasteiger partial charge < -0.3 is 4.57 Å². The molecule has 0 bridgehead atoms. The third-order valence-corrected chi connectivity index (χ3v) is 2.94. The third kappa shape index (κ3) is 3.95. The molecule has 0 atom stereocenters. The van der Waals surface area contributed by atoms with E-state index in [0.717, 1.165) is 5.69 Å². The van der Waals surface area contributed by atoms with Crippen molar-refractivity contribution in [3.05, 3.63) is 54.4 Å². The van der Waals surface area contributed by atoms with Crippen molar-refractivity contribution in [1.29, 1.82) is 0 Å². The van der Waals surface area contributed by atoms with E-state index in [9.17, 15) is 9.59 Å². The highest BCUT2D eigenvalue weighted by Gasteiger charge is 2.13. The molecule has 1 heterocycles. The Hall–Kier alpha value is -2.56. The lowest BCUT2D eigenvalue weighted by Crippen LogP contribution is -2.42. The molecule has 2 N–H and O–H groups in total. The Bertz CT molecular complexity index is 618. The molecule has 1 aromatic heterocycles. The molecule has 2 aromatic rings. The SMILES string of the molecule is CC(C)CC(=O)NNC(=O)c1ccccc1-n1cccc1. The van der Waals surface area contributed by atoms with Crippen LogP contribution in [0.4, 0.5) is 0 Å². The lowest BCUT2D eigenvalue weighted by molar-refractivity contribution is -0.122. The molecule has 5 heteroatoms. The van der Waals surface area contributed by atoms with Gasteiger partial charge in [0, 0.05) is 18.8 Å². The van der Waals surface area contributed by atoms with Crippen LogP contribution in [0.15, 0.2) is 48.8 Å². The number of amides is 2. The number of rotatable bonds is 4. The van der Waals surface area contributed by atoms with E-state index in [1.54, 1.807) is 12.1 Å². The number of benzene rings is 1. The van der Waals surface area contributed by atoms with E-state index < -0.39 is 0 Å². The van der Waals surface area contributed by atoms with Crippen molar-refractivity contribution >= 4 is 11.8 Å². The summed E-state index contributed by atoms with van der Waals surface area (Å²) in [5.74, 6) is -0.290. The Labute approximate surface area is 123 Å². The highest BCUT2D eigenvalue weighted by molar-refractivity contribution is 5.98. The lowest BCUT2D eigenvalue weighted by Gasteiger charge is -2.12. The average Bonchev–Trinajstić information content (AvgIpc) is 2.98. The first kappa shape index (κ1) is 14.8. The highest BCUT2D eigenvalue weighted by atomic mass is 16.2. The molecule has 0 saturated heterocycles. The Morgan fingerprint density at radius 3 is 2.38 bits per heavy atom. The molecule has 2 rings (SSSR count). The molecule has 2 amide bonds. The van der Waals surface area contributed by atoms with Crippen molar-refractivity contribution in [2.75, 3.05) is 0 Å². The molecule has 0 radical (unpaired) electrons. The molecule has 0 fully saturated rings. The van der Waals surface area contributed by atoms with Crippen LogP contribution in [0.2, 0.25) is 0 Å². The maximum Gasteiger partial charge on any atom is 0.271 e. The quantitative estimate of drug-likeness (QED) is 0.847. The molecule has 0 aliphatic carbocycles. The fourth-order valence-electron chi connectivity index (χ4n) is 2.00. The van der Waals surface area contributed by atoms with Crippen LogP contribution in [0.5, 0.6) is 0 Å². The summed E-state index contributed by atoms with van der Waals surface area (Å²) >= 11 is 0. The molecule has 5 nitrogen and oxygen atoms in total. The van der Waals surface area contributed by atoms with Crippen LogP contribution in [0.3, 0.4) is 0 Å². The first-order valence-corrected chi connectivity index (χ1v) is 6.89. The minimum atomic E-state index is -0.337. The predicted molar refractivity (Wildman–Crippen MR) is 80.8 cm³/mol. The van der Waals surface area contributed by atoms with E-state index >= 15 is 0 Å². The van der Waals surface area contributed by atoms with Crippen LogP contribution in [-0.2, 0) is 4.79 Å². The topological polar surface area (TPSA) is 63.1 Å². The van der Waals surface area contributed by atoms with Gasteiger partial charge in [0.25, 0.3) is 5.91 Å². The molecule has 21 heavy (non-hydrogen) atoms. The number of hydrazine groups is 1. The minimum Gasteiger partial charge on any atom is -0.323 e. The molecule has 1 aromatic carbocycles. The van der Waals surface area contributed by atoms with Gasteiger partial charge in [-0.05, 0) is 30.2 Å². The summed E-state index contributed by atoms with van der Waals surface area (Å²) in [5.41, 5.74) is 6.15. The number of nitrogens with zero attached hydrogens (tertiary/aromatic N) is 1. The van der Waals surface area contributed by atoms with Crippen LogP contribution in [0, 0.1) is 5.92 Å². The van der Waals surface area contributed by atoms with Gasteiger partial charge in [0.2, 0.25) is 5.91 Å². The molecule has 0 aliphatic heterocycles. The van der Waals surface area contributed by atoms with E-state index in [0.29, 0.717) is 12.0 Å². The van der Waals surface area contributed by atoms with Crippen molar-refractivity contribution in [1.82, 2.24) is 15.4 Å². The highest BCUT2D eigenvalue weighted by Crippen LogP contribution is 2.14. The van der Waals surface area contributed by atoms with Crippen LogP contribution >= 0.6 is 0 Å². The van der Waals surface area contributed by atoms with E-state index in [-0.39, 0.29) is 17.7 Å². The first-order chi connectivity index (χ1) is 10.1. The van der Waals surface area contributed by atoms with E-state index in [2.05, 4.69) is 10.9 Å². The van der Waals surface area contributed by atoms with Crippen LogP contribution in [0.25, 0.3) is 5.69 Å². The smallest absolute Gasteiger partial charge is 0.271 e. The summed E-state index contributed by atoms with van der Waals surface area (Å²) in [5, 5.41) is 0. The molecular weight excluding hydrogens is 266 g/mol. The maximum absolute atomic E-state index is 12.2. The number of hydrogen-bond donors (Lipinski definition) is 2. The molecule has 0 aliphatic rings. The second-order valence-electron chi connectivity index (χ2n) is 5.21. The number of nitrogens with one attached hydrogen (secondary N) is 2. The van der Waals surface area contributed by atoms with Gasteiger partial charge in [-0.3, -0.25) is 20.4 Å². The maximum atomic E-state index is 12.2. The standard InChI is InChI=1S/C16H19N3O2/c1-12(2)11-15(20)17-18-16(21)13-7-3-4-8-14(13)19-9-5-6-10-19/h3-10,12H,11H2,1-2H3,(H,17,20)(H,18,21). The summed E-state index contributed by atoms with van der Waals surface area (Å²) in [4.78, 5) is 23.8. The Morgan fingerprint density at radius 1 is 1.05 bits per heavy atom. The van der Waals surface area contributed by atoms with Crippen LogP contribution in [-0.4, -0.2) is 16.4 Å². The zero-order valence-corrected chi connectivity index (χ0v) is 12.2. The van der Waals surface area contributed by atoms with Crippen molar-refractivity contribution < 1.29 is 9.59 Å². The van der Waals surface area contributed by atoms with Gasteiger partial charge in [0.15, 0.2) is 0 Å². The van der Waals surface area contributed by atoms with Crippen molar-refractivity contribution in [2.24, 2.45) is 5.92 Å². The minimum absolute atomic E-state index is 0.197. The summed E-state index contributed by atoms with van der Waals surface area (Å²) in [6.45, 7) is 3.89. The molecule has 0 spiro atoms. The fourth-order valence-corrected chi connectivity index (χ4v) is 2.00. The molecule has 110 valence electrons. The monoisotopic (exact) mass is 285 g/mol. The van der Waals surface area contributed by atoms with E-state index in [1.165, 1.54) is 0 Å². The van der Waals surface area contributed by atoms with Gasteiger partial charge >= 0.3 is 0 Å².